The van der Waals surface area contributed by atoms with Gasteiger partial charge in [0.2, 0.25) is 5.91 Å². The topological polar surface area (TPSA) is 42.0 Å². The third-order valence-corrected chi connectivity index (χ3v) is 3.45. The third-order valence-electron chi connectivity index (χ3n) is 3.45. The second-order valence-corrected chi connectivity index (χ2v) is 5.30. The van der Waals surface area contributed by atoms with Crippen LogP contribution in [-0.2, 0) is 4.79 Å². The van der Waals surface area contributed by atoms with Gasteiger partial charge in [0.1, 0.15) is 0 Å². The summed E-state index contributed by atoms with van der Waals surface area (Å²) in [6, 6.07) is 10.0. The molecule has 0 aliphatic heterocycles. The molecule has 1 heterocycles. The lowest BCUT2D eigenvalue weighted by Crippen LogP contribution is -2.34. The number of rotatable bonds is 4. The van der Waals surface area contributed by atoms with Crippen LogP contribution in [0.25, 0.3) is 17.0 Å². The fourth-order valence-corrected chi connectivity index (χ4v) is 1.87. The number of benzene rings is 1. The number of nitrogens with zero attached hydrogens (tertiary/aromatic N) is 1. The Bertz CT molecular complexity index is 626. The molecule has 0 spiro atoms. The molecular formula is C17H20N2O. The third kappa shape index (κ3) is 3.44. The summed E-state index contributed by atoms with van der Waals surface area (Å²) in [4.78, 5) is 16.2. The van der Waals surface area contributed by atoms with Crippen LogP contribution in [0.1, 0.15) is 26.3 Å². The van der Waals surface area contributed by atoms with Gasteiger partial charge in [-0.2, -0.15) is 0 Å². The Labute approximate surface area is 119 Å². The van der Waals surface area contributed by atoms with Gasteiger partial charge in [0.15, 0.2) is 0 Å². The molecule has 20 heavy (non-hydrogen) atoms. The summed E-state index contributed by atoms with van der Waals surface area (Å²) < 4.78 is 0. The number of nitrogens with one attached hydrogen (secondary N) is 1. The second kappa shape index (κ2) is 6.33. The van der Waals surface area contributed by atoms with Gasteiger partial charge < -0.3 is 5.32 Å². The summed E-state index contributed by atoms with van der Waals surface area (Å²) >= 11 is 0. The van der Waals surface area contributed by atoms with Crippen molar-refractivity contribution >= 4 is 22.9 Å². The van der Waals surface area contributed by atoms with E-state index in [2.05, 4.69) is 24.1 Å². The minimum absolute atomic E-state index is 0.0702. The first-order valence-electron chi connectivity index (χ1n) is 6.90. The Balaban J connectivity index is 2.16. The highest BCUT2D eigenvalue weighted by atomic mass is 16.1. The van der Waals surface area contributed by atoms with Crippen molar-refractivity contribution < 1.29 is 4.79 Å². The van der Waals surface area contributed by atoms with Gasteiger partial charge >= 0.3 is 0 Å². The summed E-state index contributed by atoms with van der Waals surface area (Å²) in [5.41, 5.74) is 1.87. The molecule has 1 amide bonds. The molecule has 2 aromatic rings. The number of aromatic nitrogens is 1. The number of hydrogen-bond donors (Lipinski definition) is 1. The quantitative estimate of drug-likeness (QED) is 0.863. The fraction of sp³-hybridized carbons (Fsp3) is 0.294. The molecule has 0 fully saturated rings. The highest BCUT2D eigenvalue weighted by Crippen LogP contribution is 2.17. The van der Waals surface area contributed by atoms with Crippen LogP contribution in [0.3, 0.4) is 0 Å². The van der Waals surface area contributed by atoms with Gasteiger partial charge in [0, 0.05) is 29.3 Å². The maximum Gasteiger partial charge on any atom is 0.244 e. The molecule has 0 aliphatic rings. The zero-order chi connectivity index (χ0) is 14.5. The Morgan fingerprint density at radius 2 is 1.95 bits per heavy atom. The van der Waals surface area contributed by atoms with Crippen molar-refractivity contribution in [3.05, 3.63) is 48.2 Å². The van der Waals surface area contributed by atoms with Crippen LogP contribution < -0.4 is 5.32 Å². The lowest BCUT2D eigenvalue weighted by Gasteiger charge is -2.15. The van der Waals surface area contributed by atoms with Crippen LogP contribution in [0.2, 0.25) is 0 Å². The van der Waals surface area contributed by atoms with Crippen molar-refractivity contribution in [2.45, 2.75) is 26.8 Å². The molecule has 0 saturated carbocycles. The predicted molar refractivity (Wildman–Crippen MR) is 83.2 cm³/mol. The number of fused-ring (bicyclic) bond motifs is 1. The second-order valence-electron chi connectivity index (χ2n) is 5.30. The number of hydrogen-bond acceptors (Lipinski definition) is 2. The van der Waals surface area contributed by atoms with Gasteiger partial charge in [-0.25, -0.2) is 0 Å². The van der Waals surface area contributed by atoms with Crippen LogP contribution in [0.15, 0.2) is 42.6 Å². The standard InChI is InChI=1S/C17H20N2O/c1-12(2)13(3)19-16(20)10-9-15-7-4-6-14-8-5-11-18-17(14)15/h4-13H,1-3H3,(H,19,20)/b10-9+. The summed E-state index contributed by atoms with van der Waals surface area (Å²) in [6.45, 7) is 6.18. The van der Waals surface area contributed by atoms with E-state index in [1.165, 1.54) is 0 Å². The van der Waals surface area contributed by atoms with Crippen molar-refractivity contribution in [1.82, 2.24) is 10.3 Å². The van der Waals surface area contributed by atoms with Crippen molar-refractivity contribution in [3.63, 3.8) is 0 Å². The van der Waals surface area contributed by atoms with Crippen molar-refractivity contribution in [2.75, 3.05) is 0 Å². The predicted octanol–water partition coefficient (Wildman–Crippen LogP) is 3.41. The molecule has 1 unspecified atom stereocenters. The first-order valence-corrected chi connectivity index (χ1v) is 6.90. The normalized spacial score (nSPS) is 13.0. The Hall–Kier alpha value is -2.16. The molecule has 1 aromatic carbocycles. The van der Waals surface area contributed by atoms with Gasteiger partial charge in [-0.1, -0.05) is 38.1 Å². The van der Waals surface area contributed by atoms with Crippen molar-refractivity contribution in [1.29, 1.82) is 0 Å². The monoisotopic (exact) mass is 268 g/mol. The minimum atomic E-state index is -0.0702. The Morgan fingerprint density at radius 3 is 2.70 bits per heavy atom. The first kappa shape index (κ1) is 14.3. The van der Waals surface area contributed by atoms with Crippen molar-refractivity contribution in [3.8, 4) is 0 Å². The van der Waals surface area contributed by atoms with Crippen LogP contribution in [0.4, 0.5) is 0 Å². The van der Waals surface area contributed by atoms with E-state index in [9.17, 15) is 4.79 Å². The number of amides is 1. The highest BCUT2D eigenvalue weighted by Gasteiger charge is 2.08. The fourth-order valence-electron chi connectivity index (χ4n) is 1.87. The molecule has 2 rings (SSSR count). The van der Waals surface area contributed by atoms with E-state index in [-0.39, 0.29) is 11.9 Å². The molecule has 104 valence electrons. The van der Waals surface area contributed by atoms with E-state index < -0.39 is 0 Å². The summed E-state index contributed by atoms with van der Waals surface area (Å²) in [5, 5.41) is 4.03. The lowest BCUT2D eigenvalue weighted by atomic mass is 10.1. The maximum absolute atomic E-state index is 11.8. The molecule has 0 aliphatic carbocycles. The molecule has 0 radical (unpaired) electrons. The molecule has 1 atom stereocenters. The zero-order valence-electron chi connectivity index (χ0n) is 12.1. The molecule has 1 aromatic heterocycles. The molecular weight excluding hydrogens is 248 g/mol. The highest BCUT2D eigenvalue weighted by molar-refractivity contribution is 5.95. The molecule has 0 saturated heterocycles. The number of para-hydroxylation sites is 1. The van der Waals surface area contributed by atoms with Crippen LogP contribution in [0, 0.1) is 5.92 Å². The van der Waals surface area contributed by atoms with Crippen LogP contribution in [-0.4, -0.2) is 16.9 Å². The zero-order valence-corrected chi connectivity index (χ0v) is 12.1. The average molecular weight is 268 g/mol. The lowest BCUT2D eigenvalue weighted by molar-refractivity contribution is -0.117. The average Bonchev–Trinajstić information content (AvgIpc) is 2.44. The van der Waals surface area contributed by atoms with E-state index in [1.54, 1.807) is 12.3 Å². The summed E-state index contributed by atoms with van der Waals surface area (Å²) in [7, 11) is 0. The number of pyridine rings is 1. The maximum atomic E-state index is 11.8. The molecule has 1 N–H and O–H groups in total. The first-order chi connectivity index (χ1) is 9.58. The number of carbonyl (C=O) groups excluding carboxylic acids is 1. The summed E-state index contributed by atoms with van der Waals surface area (Å²) in [6.07, 6.45) is 5.15. The van der Waals surface area contributed by atoms with Gasteiger partial charge in [0.05, 0.1) is 5.52 Å². The van der Waals surface area contributed by atoms with E-state index in [1.807, 2.05) is 43.3 Å². The van der Waals surface area contributed by atoms with Crippen LogP contribution in [0.5, 0.6) is 0 Å². The van der Waals surface area contributed by atoms with Crippen molar-refractivity contribution in [2.24, 2.45) is 5.92 Å². The van der Waals surface area contributed by atoms with E-state index in [4.69, 9.17) is 0 Å². The van der Waals surface area contributed by atoms with Gasteiger partial charge in [0.25, 0.3) is 0 Å². The molecule has 3 heteroatoms. The Kier molecular flexibility index (Phi) is 4.51. The smallest absolute Gasteiger partial charge is 0.244 e. The van der Waals surface area contributed by atoms with Crippen LogP contribution >= 0.6 is 0 Å². The molecule has 3 nitrogen and oxygen atoms in total. The van der Waals surface area contributed by atoms with E-state index in [0.29, 0.717) is 5.92 Å². The van der Waals surface area contributed by atoms with Gasteiger partial charge in [-0.05, 0) is 25.0 Å². The number of carbonyl (C=O) groups is 1. The van der Waals surface area contributed by atoms with Gasteiger partial charge in [-0.15, -0.1) is 0 Å². The molecule has 0 bridgehead atoms. The largest absolute Gasteiger partial charge is 0.350 e. The Morgan fingerprint density at radius 1 is 1.20 bits per heavy atom. The van der Waals surface area contributed by atoms with E-state index >= 15 is 0 Å². The SMILES string of the molecule is CC(C)C(C)NC(=O)/C=C/c1cccc2cccnc12. The van der Waals surface area contributed by atoms with E-state index in [0.717, 1.165) is 16.5 Å². The summed E-state index contributed by atoms with van der Waals surface area (Å²) in [5.74, 6) is 0.353. The van der Waals surface area contributed by atoms with Gasteiger partial charge in [-0.3, -0.25) is 9.78 Å². The minimum Gasteiger partial charge on any atom is -0.350 e.